The van der Waals surface area contributed by atoms with Crippen molar-refractivity contribution in [3.63, 3.8) is 0 Å². The number of fused-ring (bicyclic) bond motifs is 1. The van der Waals surface area contributed by atoms with Gasteiger partial charge in [-0.1, -0.05) is 23.9 Å². The van der Waals surface area contributed by atoms with Crippen molar-refractivity contribution in [2.45, 2.75) is 219 Å². The molecule has 0 radical (unpaired) electrons. The lowest BCUT2D eigenvalue weighted by Gasteiger charge is -2.50. The number of aliphatic hydroxyl groups is 20. The van der Waals surface area contributed by atoms with Gasteiger partial charge in [0.05, 0.1) is 56.0 Å². The molecule has 0 spiro atoms. The van der Waals surface area contributed by atoms with Crippen LogP contribution in [0.5, 0.6) is 0 Å². The topological polar surface area (TPSA) is 547 Å². The Morgan fingerprint density at radius 3 is 0.756 bits per heavy atom. The first kappa shape index (κ1) is 67.0. The zero-order chi connectivity index (χ0) is 61.7. The number of hydrogen-bond acceptors (Lipinski definition) is 37. The molecule has 21 saturated heterocycles. The number of ether oxygens (including phenoxy) is 14. The summed E-state index contributed by atoms with van der Waals surface area (Å²) in [5.41, 5.74) is 0.631. The molecule has 0 saturated carbocycles. The van der Waals surface area contributed by atoms with Crippen LogP contribution in [-0.4, -0.2) is 367 Å². The van der Waals surface area contributed by atoms with Gasteiger partial charge in [-0.05, 0) is 12.1 Å². The number of aromatic nitrogens is 1. The monoisotopic (exact) mass is 1280 g/mol. The number of rotatable bonds is 9. The molecule has 21 aliphatic heterocycles. The number of benzene rings is 1. The highest BCUT2D eigenvalue weighted by Crippen LogP contribution is 2.40. The third-order valence-corrected chi connectivity index (χ3v) is 18.5. The van der Waals surface area contributed by atoms with E-state index in [1.54, 1.807) is 18.2 Å². The lowest BCUT2D eigenvalue weighted by atomic mass is 9.95. The van der Waals surface area contributed by atoms with Crippen LogP contribution in [-0.2, 0) is 66.3 Å². The molecule has 21 fully saturated rings. The van der Waals surface area contributed by atoms with E-state index in [2.05, 4.69) is 4.98 Å². The second-order valence-electron chi connectivity index (χ2n) is 21.7. The average Bonchev–Trinajstić information content (AvgIpc) is 1.26. The molecule has 35 nitrogen and oxygen atoms in total. The van der Waals surface area contributed by atoms with Crippen LogP contribution >= 0.6 is 23.1 Å². The van der Waals surface area contributed by atoms with Gasteiger partial charge in [0.25, 0.3) is 0 Å². The maximum Gasteiger partial charge on any atom is 0.187 e. The molecule has 1 aromatic heterocycles. The van der Waals surface area contributed by atoms with E-state index < -0.39 is 255 Å². The Hall–Kier alpha value is -1.90. The quantitative estimate of drug-likeness (QED) is 0.104. The summed E-state index contributed by atoms with van der Waals surface area (Å²) in [5, 5.41) is 224. The van der Waals surface area contributed by atoms with Crippen LogP contribution < -0.4 is 0 Å². The highest BCUT2D eigenvalue weighted by atomic mass is 32.2. The van der Waals surface area contributed by atoms with Gasteiger partial charge in [0, 0.05) is 5.75 Å². The summed E-state index contributed by atoms with van der Waals surface area (Å²) >= 11 is 2.35. The average molecular weight is 1280 g/mol. The minimum Gasteiger partial charge on any atom is -0.394 e. The molecule has 0 unspecified atom stereocenters. The number of thiazole rings is 1. The molecule has 0 amide bonds. The van der Waals surface area contributed by atoms with Gasteiger partial charge < -0.3 is 168 Å². The molecule has 20 N–H and O–H groups in total. The normalized spacial score (nSPS) is 50.9. The molecular weight excluding hydrogens is 1210 g/mol. The molecular formula is C49H73NO34S2. The van der Waals surface area contributed by atoms with E-state index >= 15 is 0 Å². The zero-order valence-electron chi connectivity index (χ0n) is 44.9. The summed E-state index contributed by atoms with van der Waals surface area (Å²) in [6.07, 6.45) is -69.4. The van der Waals surface area contributed by atoms with Gasteiger partial charge in [0.15, 0.2) is 48.4 Å². The van der Waals surface area contributed by atoms with Gasteiger partial charge >= 0.3 is 0 Å². The number of para-hydroxylation sites is 1. The Kier molecular flexibility index (Phi) is 22.2. The molecule has 14 bridgehead atoms. The van der Waals surface area contributed by atoms with Gasteiger partial charge in [-0.25, -0.2) is 4.98 Å². The van der Waals surface area contributed by atoms with Crippen LogP contribution in [0.2, 0.25) is 0 Å². The second kappa shape index (κ2) is 28.5. The van der Waals surface area contributed by atoms with Gasteiger partial charge in [-0.2, -0.15) is 0 Å². The highest BCUT2D eigenvalue weighted by molar-refractivity contribution is 8.01. The van der Waals surface area contributed by atoms with E-state index in [9.17, 15) is 102 Å². The van der Waals surface area contributed by atoms with E-state index in [1.165, 1.54) is 11.3 Å². The van der Waals surface area contributed by atoms with Crippen LogP contribution in [0.25, 0.3) is 10.2 Å². The standard InChI is InChI=1S/C49H73NO34S2/c51-5-13-35-22(58)29(65)43(72-13)80-37-15(7-53)74-45(31(67)24(37)60)82-39-17(9-55)76-47(33(69)26(39)62)84-41-19(11-85-49-50-12-3-1-2-4-20(12)86-49)77-48(34(70)27(41)63)83-40-18(10-56)75-46(32(68)25(40)61)81-38-16(8-54)73-44(30(66)23(38)59)79-36-14(6-52)71-42(78-35)28(64)21(36)57/h1-4,13-19,21-48,51-70H,5-11H2/t13-,14-,15-,16-,17-,18-,19-,21-,22-,23-,24-,25-,26-,27-,28-,29-,30-,31-,32-,33-,34-,35-,36-,37-,38-,39-,40-,41-,42-,43-,44-,45-,46-,47-,48-/m1/s1. The first-order valence-electron chi connectivity index (χ1n) is 27.5. The van der Waals surface area contributed by atoms with Crippen molar-refractivity contribution in [3.8, 4) is 0 Å². The maximum absolute atomic E-state index is 11.9. The van der Waals surface area contributed by atoms with Crippen molar-refractivity contribution in [3.05, 3.63) is 24.3 Å². The number of nitrogens with zero attached hydrogens (tertiary/aromatic N) is 1. The lowest BCUT2D eigenvalue weighted by Crippen LogP contribution is -2.68. The first-order chi connectivity index (χ1) is 41.1. The Morgan fingerprint density at radius 2 is 0.523 bits per heavy atom. The van der Waals surface area contributed by atoms with Crippen molar-refractivity contribution in [2.24, 2.45) is 0 Å². The second-order valence-corrected chi connectivity index (χ2v) is 24.0. The number of thioether (sulfide) groups is 1. The van der Waals surface area contributed by atoms with Crippen molar-refractivity contribution in [1.82, 2.24) is 4.98 Å². The summed E-state index contributed by atoms with van der Waals surface area (Å²) in [6, 6.07) is 7.13. The van der Waals surface area contributed by atoms with Gasteiger partial charge in [-0.3, -0.25) is 0 Å². The maximum atomic E-state index is 11.9. The van der Waals surface area contributed by atoms with E-state index in [0.717, 1.165) is 16.5 Å². The summed E-state index contributed by atoms with van der Waals surface area (Å²) in [6.45, 7) is -6.22. The molecule has 0 aliphatic carbocycles. The SMILES string of the molecule is OC[C@H]1O[C@@H]2O[C@H]3[C@H](O)[C@@H](O)[C@@H](O[C@H]4[C@H](O)[C@@H](O)[C@@H](O[C@H]5[C@H](O)[C@@H](O)[C@@H](O[C@H]6[C@H](O)[C@@H](O)[C@@H](O[C@H]7[C@H](O)[C@@H](O)[C@@H](O[C@H]8[C@H](O)[C@@H](O)[C@@H](O[C@H]1[C@H](O)[C@H]2O)O[C@@H]8CO)O[C@@H]7CO)O[C@@H]6CO)O[C@@H]5CSc1nc2ccccc2s1)O[C@@H]4CO)O[C@@H]3CO. The van der Waals surface area contributed by atoms with E-state index in [0.29, 0.717) is 9.86 Å². The zero-order valence-corrected chi connectivity index (χ0v) is 46.5. The Labute approximate surface area is 494 Å². The summed E-state index contributed by atoms with van der Waals surface area (Å²) < 4.78 is 82.9. The van der Waals surface area contributed by atoms with Crippen LogP contribution in [0.1, 0.15) is 0 Å². The Balaban J connectivity index is 0.948. The van der Waals surface area contributed by atoms with Crippen LogP contribution in [0.15, 0.2) is 28.6 Å². The number of hydrogen-bond donors (Lipinski definition) is 20. The van der Waals surface area contributed by atoms with Crippen LogP contribution in [0, 0.1) is 0 Å². The molecule has 23 rings (SSSR count). The third kappa shape index (κ3) is 13.2. The van der Waals surface area contributed by atoms with E-state index in [-0.39, 0.29) is 5.75 Å². The Bertz CT molecular complexity index is 2420. The van der Waals surface area contributed by atoms with Gasteiger partial charge in [0.2, 0.25) is 0 Å². The summed E-state index contributed by atoms with van der Waals surface area (Å²) in [4.78, 5) is 4.59. The highest BCUT2D eigenvalue weighted by Gasteiger charge is 2.59. The molecule has 22 heterocycles. The minimum absolute atomic E-state index is 0.200. The Morgan fingerprint density at radius 1 is 0.302 bits per heavy atom. The molecule has 37 heteroatoms. The first-order valence-corrected chi connectivity index (χ1v) is 29.3. The molecule has 35 atom stereocenters. The molecule has 21 aliphatic rings. The molecule has 86 heavy (non-hydrogen) atoms. The van der Waals surface area contributed by atoms with Gasteiger partial charge in [-0.15, -0.1) is 11.3 Å². The van der Waals surface area contributed by atoms with Crippen molar-refractivity contribution >= 4 is 33.3 Å². The summed E-state index contributed by atoms with van der Waals surface area (Å²) in [7, 11) is 0. The fourth-order valence-electron chi connectivity index (χ4n) is 11.5. The van der Waals surface area contributed by atoms with E-state index in [1.807, 2.05) is 6.07 Å². The van der Waals surface area contributed by atoms with E-state index in [4.69, 9.17) is 66.3 Å². The fraction of sp³-hybridized carbons (Fsp3) is 0.857. The summed E-state index contributed by atoms with van der Waals surface area (Å²) in [5.74, 6) is -0.200. The van der Waals surface area contributed by atoms with Crippen molar-refractivity contribution in [1.29, 1.82) is 0 Å². The predicted molar refractivity (Wildman–Crippen MR) is 272 cm³/mol. The molecule has 2 aromatic rings. The smallest absolute Gasteiger partial charge is 0.187 e. The lowest BCUT2D eigenvalue weighted by molar-refractivity contribution is -0.396. The van der Waals surface area contributed by atoms with Crippen molar-refractivity contribution in [2.75, 3.05) is 45.4 Å². The largest absolute Gasteiger partial charge is 0.394 e. The third-order valence-electron chi connectivity index (χ3n) is 16.2. The van der Waals surface area contributed by atoms with Crippen LogP contribution in [0.4, 0.5) is 0 Å². The molecule has 490 valence electrons. The van der Waals surface area contributed by atoms with Crippen molar-refractivity contribution < 1.29 is 168 Å². The molecule has 1 aromatic carbocycles. The van der Waals surface area contributed by atoms with Gasteiger partial charge in [0.1, 0.15) is 165 Å². The van der Waals surface area contributed by atoms with Crippen LogP contribution in [0.3, 0.4) is 0 Å². The fourth-order valence-corrected chi connectivity index (χ4v) is 13.6. The predicted octanol–water partition coefficient (Wildman–Crippen LogP) is -11.8. The number of aliphatic hydroxyl groups excluding tert-OH is 20. The minimum atomic E-state index is -2.21.